The Bertz CT molecular complexity index is 576. The second-order valence-electron chi connectivity index (χ2n) is 5.72. The van der Waals surface area contributed by atoms with Gasteiger partial charge in [0.2, 0.25) is 0 Å². The average Bonchev–Trinajstić information content (AvgIpc) is 3.02. The molecule has 3 rings (SSSR count). The summed E-state index contributed by atoms with van der Waals surface area (Å²) in [6.07, 6.45) is 5.92. The van der Waals surface area contributed by atoms with Crippen molar-refractivity contribution in [1.82, 2.24) is 24.5 Å². The number of rotatable bonds is 5. The fourth-order valence-electron chi connectivity index (χ4n) is 2.94. The molecule has 0 N–H and O–H groups in total. The van der Waals surface area contributed by atoms with Crippen LogP contribution < -0.4 is 0 Å². The van der Waals surface area contributed by atoms with Crippen molar-refractivity contribution < 1.29 is 4.74 Å². The Balaban J connectivity index is 1.73. The predicted molar refractivity (Wildman–Crippen MR) is 79.5 cm³/mol. The molecule has 0 aliphatic carbocycles. The molecule has 0 unspecified atom stereocenters. The van der Waals surface area contributed by atoms with Gasteiger partial charge in [-0.2, -0.15) is 10.2 Å². The minimum atomic E-state index is 0.475. The van der Waals surface area contributed by atoms with Crippen LogP contribution in [0, 0.1) is 5.92 Å². The summed E-state index contributed by atoms with van der Waals surface area (Å²) >= 11 is 0. The first-order valence-electron chi connectivity index (χ1n) is 7.53. The van der Waals surface area contributed by atoms with Crippen LogP contribution in [0.1, 0.15) is 18.2 Å². The molecule has 0 radical (unpaired) electrons. The van der Waals surface area contributed by atoms with Crippen LogP contribution in [-0.2, 0) is 31.4 Å². The highest BCUT2D eigenvalue weighted by atomic mass is 16.5. The predicted octanol–water partition coefficient (Wildman–Crippen LogP) is 1.29. The topological polar surface area (TPSA) is 48.1 Å². The minimum Gasteiger partial charge on any atom is -0.381 e. The number of ether oxygens (including phenoxy) is 1. The van der Waals surface area contributed by atoms with Crippen molar-refractivity contribution in [3.8, 4) is 0 Å². The van der Waals surface area contributed by atoms with Crippen LogP contribution >= 0.6 is 0 Å². The minimum absolute atomic E-state index is 0.475. The molecule has 1 aliphatic rings. The zero-order chi connectivity index (χ0) is 14.7. The summed E-state index contributed by atoms with van der Waals surface area (Å²) in [7, 11) is 1.96. The lowest BCUT2D eigenvalue weighted by Crippen LogP contribution is -2.30. The van der Waals surface area contributed by atoms with Gasteiger partial charge in [-0.15, -0.1) is 0 Å². The normalized spacial score (nSPS) is 19.4. The maximum atomic E-state index is 5.64. The maximum absolute atomic E-state index is 5.64. The highest BCUT2D eigenvalue weighted by Gasteiger charge is 2.22. The Morgan fingerprint density at radius 2 is 2.24 bits per heavy atom. The quantitative estimate of drug-likeness (QED) is 0.832. The van der Waals surface area contributed by atoms with E-state index in [9.17, 15) is 0 Å². The van der Waals surface area contributed by atoms with E-state index in [-0.39, 0.29) is 0 Å². The van der Waals surface area contributed by atoms with E-state index in [1.165, 1.54) is 11.3 Å². The first kappa shape index (κ1) is 14.3. The Hall–Kier alpha value is -1.66. The molecule has 0 bridgehead atoms. The summed E-state index contributed by atoms with van der Waals surface area (Å²) in [5.74, 6) is 0.475. The molecule has 0 spiro atoms. The van der Waals surface area contributed by atoms with Crippen LogP contribution in [0.4, 0.5) is 0 Å². The van der Waals surface area contributed by atoms with Crippen molar-refractivity contribution in [1.29, 1.82) is 0 Å². The standard InChI is InChI=1S/C15H23N5O/c1-3-21-12-14-9-19(8-13-6-17-18(2)7-13)11-15-4-5-16-20(15)10-14/h4-7,14H,3,8-12H2,1-2H3/t14-/m0/s1. The summed E-state index contributed by atoms with van der Waals surface area (Å²) in [5.41, 5.74) is 2.53. The molecule has 0 saturated heterocycles. The molecule has 6 heteroatoms. The van der Waals surface area contributed by atoms with Gasteiger partial charge in [-0.05, 0) is 13.0 Å². The number of nitrogens with zero attached hydrogens (tertiary/aromatic N) is 5. The monoisotopic (exact) mass is 289 g/mol. The molecular weight excluding hydrogens is 266 g/mol. The Labute approximate surface area is 125 Å². The first-order chi connectivity index (χ1) is 10.2. The van der Waals surface area contributed by atoms with E-state index in [0.29, 0.717) is 5.92 Å². The lowest BCUT2D eigenvalue weighted by Gasteiger charge is -2.23. The molecule has 1 atom stereocenters. The van der Waals surface area contributed by atoms with E-state index in [1.807, 2.05) is 31.0 Å². The van der Waals surface area contributed by atoms with Crippen LogP contribution in [0.15, 0.2) is 24.7 Å². The third kappa shape index (κ3) is 3.51. The van der Waals surface area contributed by atoms with Crippen molar-refractivity contribution in [3.63, 3.8) is 0 Å². The van der Waals surface area contributed by atoms with Gasteiger partial charge in [0, 0.05) is 63.7 Å². The summed E-state index contributed by atoms with van der Waals surface area (Å²) in [6.45, 7) is 7.41. The van der Waals surface area contributed by atoms with Crippen molar-refractivity contribution in [2.45, 2.75) is 26.6 Å². The second-order valence-corrected chi connectivity index (χ2v) is 5.72. The molecular formula is C15H23N5O. The lowest BCUT2D eigenvalue weighted by molar-refractivity contribution is 0.0841. The molecule has 0 aromatic carbocycles. The summed E-state index contributed by atoms with van der Waals surface area (Å²) in [5, 5.41) is 8.69. The maximum Gasteiger partial charge on any atom is 0.0534 e. The molecule has 0 fully saturated rings. The van der Waals surface area contributed by atoms with Gasteiger partial charge in [0.25, 0.3) is 0 Å². The average molecular weight is 289 g/mol. The van der Waals surface area contributed by atoms with E-state index < -0.39 is 0 Å². The van der Waals surface area contributed by atoms with Crippen LogP contribution in [0.3, 0.4) is 0 Å². The molecule has 21 heavy (non-hydrogen) atoms. The molecule has 114 valence electrons. The zero-order valence-electron chi connectivity index (χ0n) is 12.8. The van der Waals surface area contributed by atoms with Crippen molar-refractivity contribution in [2.75, 3.05) is 19.8 Å². The van der Waals surface area contributed by atoms with Crippen LogP contribution in [0.25, 0.3) is 0 Å². The van der Waals surface area contributed by atoms with Gasteiger partial charge in [-0.25, -0.2) is 0 Å². The van der Waals surface area contributed by atoms with Crippen molar-refractivity contribution in [2.24, 2.45) is 13.0 Å². The van der Waals surface area contributed by atoms with Crippen LogP contribution in [-0.4, -0.2) is 44.2 Å². The largest absolute Gasteiger partial charge is 0.381 e. The number of hydrogen-bond donors (Lipinski definition) is 0. The van der Waals surface area contributed by atoms with Gasteiger partial charge in [-0.1, -0.05) is 0 Å². The summed E-state index contributed by atoms with van der Waals surface area (Å²) in [4.78, 5) is 2.46. The smallest absolute Gasteiger partial charge is 0.0534 e. The van der Waals surface area contributed by atoms with Crippen molar-refractivity contribution >= 4 is 0 Å². The van der Waals surface area contributed by atoms with Gasteiger partial charge in [0.05, 0.1) is 18.5 Å². The Morgan fingerprint density at radius 1 is 1.33 bits per heavy atom. The van der Waals surface area contributed by atoms with Gasteiger partial charge in [0.1, 0.15) is 0 Å². The van der Waals surface area contributed by atoms with Gasteiger partial charge in [-0.3, -0.25) is 14.3 Å². The van der Waals surface area contributed by atoms with Gasteiger partial charge >= 0.3 is 0 Å². The third-order valence-corrected chi connectivity index (χ3v) is 3.86. The van der Waals surface area contributed by atoms with E-state index in [2.05, 4.69) is 32.0 Å². The van der Waals surface area contributed by atoms with Crippen LogP contribution in [0.2, 0.25) is 0 Å². The summed E-state index contributed by atoms with van der Waals surface area (Å²) in [6, 6.07) is 2.11. The fourth-order valence-corrected chi connectivity index (χ4v) is 2.94. The highest BCUT2D eigenvalue weighted by molar-refractivity contribution is 5.06. The highest BCUT2D eigenvalue weighted by Crippen LogP contribution is 2.18. The summed E-state index contributed by atoms with van der Waals surface area (Å²) < 4.78 is 9.61. The first-order valence-corrected chi connectivity index (χ1v) is 7.53. The van der Waals surface area contributed by atoms with Crippen molar-refractivity contribution in [3.05, 3.63) is 35.9 Å². The third-order valence-electron chi connectivity index (χ3n) is 3.86. The molecule has 2 aromatic rings. The molecule has 6 nitrogen and oxygen atoms in total. The van der Waals surface area contributed by atoms with Gasteiger partial charge < -0.3 is 4.74 Å². The van der Waals surface area contributed by atoms with E-state index >= 15 is 0 Å². The number of aromatic nitrogens is 4. The number of aryl methyl sites for hydroxylation is 1. The zero-order valence-corrected chi connectivity index (χ0v) is 12.8. The van der Waals surface area contributed by atoms with E-state index in [1.54, 1.807) is 0 Å². The molecule has 2 aromatic heterocycles. The second kappa shape index (κ2) is 6.41. The lowest BCUT2D eigenvalue weighted by atomic mass is 10.1. The molecule has 0 amide bonds. The SMILES string of the molecule is CCOC[C@H]1CN(Cc2cnn(C)c2)Cc2ccnn2C1. The Kier molecular flexibility index (Phi) is 4.36. The number of fused-ring (bicyclic) bond motifs is 1. The van der Waals surface area contributed by atoms with E-state index in [0.717, 1.165) is 39.4 Å². The fraction of sp³-hybridized carbons (Fsp3) is 0.600. The van der Waals surface area contributed by atoms with E-state index in [4.69, 9.17) is 4.74 Å². The van der Waals surface area contributed by atoms with Crippen LogP contribution in [0.5, 0.6) is 0 Å². The Morgan fingerprint density at radius 3 is 3.00 bits per heavy atom. The molecule has 3 heterocycles. The molecule has 0 saturated carbocycles. The number of hydrogen-bond acceptors (Lipinski definition) is 4. The molecule has 1 aliphatic heterocycles. The van der Waals surface area contributed by atoms with Gasteiger partial charge in [0.15, 0.2) is 0 Å².